The first kappa shape index (κ1) is 20.2. The maximum Gasteiger partial charge on any atom is 0.490 e. The van der Waals surface area contributed by atoms with Crippen LogP contribution in [-0.4, -0.2) is 35.3 Å². The van der Waals surface area contributed by atoms with Gasteiger partial charge in [0.1, 0.15) is 0 Å². The number of nitrogens with two attached hydrogens (primary N) is 1. The number of aromatic nitrogens is 1. The van der Waals surface area contributed by atoms with Crippen LogP contribution in [0.4, 0.5) is 13.2 Å². The summed E-state index contributed by atoms with van der Waals surface area (Å²) in [6.45, 7) is 0. The van der Waals surface area contributed by atoms with Gasteiger partial charge in [0.05, 0.1) is 13.2 Å². The Kier molecular flexibility index (Phi) is 7.12. The summed E-state index contributed by atoms with van der Waals surface area (Å²) in [4.78, 5) is 24.2. The molecule has 0 radical (unpaired) electrons. The lowest BCUT2D eigenvalue weighted by molar-refractivity contribution is -0.192. The van der Waals surface area contributed by atoms with E-state index in [1.54, 1.807) is 0 Å². The van der Waals surface area contributed by atoms with E-state index in [1.165, 1.54) is 13.5 Å². The highest BCUT2D eigenvalue weighted by Crippen LogP contribution is 2.20. The molecule has 0 aliphatic rings. The number of oxazole rings is 1. The molecule has 0 unspecified atom stereocenters. The molecule has 0 saturated heterocycles. The van der Waals surface area contributed by atoms with Gasteiger partial charge in [-0.2, -0.15) is 13.2 Å². The number of nitrogens with zero attached hydrogens (tertiary/aromatic N) is 1. The van der Waals surface area contributed by atoms with Gasteiger partial charge in [-0.1, -0.05) is 30.3 Å². The zero-order valence-electron chi connectivity index (χ0n) is 13.0. The second kappa shape index (κ2) is 8.83. The van der Waals surface area contributed by atoms with Gasteiger partial charge in [-0.25, -0.2) is 14.6 Å². The molecule has 2 rings (SSSR count). The molecule has 0 aliphatic heterocycles. The van der Waals surface area contributed by atoms with Crippen molar-refractivity contribution >= 4 is 11.9 Å². The fraction of sp³-hybridized carbons (Fsp3) is 0.267. The van der Waals surface area contributed by atoms with Crippen LogP contribution in [0.15, 0.2) is 41.1 Å². The normalized spacial score (nSPS) is 11.9. The van der Waals surface area contributed by atoms with Crippen molar-refractivity contribution in [1.82, 2.24) is 4.98 Å². The molecule has 3 N–H and O–H groups in total. The topological polar surface area (TPSA) is 116 Å². The number of methoxy groups -OCH3 is 1. The number of carbonyl (C=O) groups is 2. The molecule has 0 spiro atoms. The van der Waals surface area contributed by atoms with Crippen molar-refractivity contribution in [3.05, 3.63) is 53.7 Å². The van der Waals surface area contributed by atoms with Gasteiger partial charge in [-0.05, 0) is 12.0 Å². The maximum atomic E-state index is 11.5. The van der Waals surface area contributed by atoms with Crippen LogP contribution in [0.1, 0.15) is 27.9 Å². The van der Waals surface area contributed by atoms with E-state index in [-0.39, 0.29) is 5.69 Å². The molecule has 25 heavy (non-hydrogen) atoms. The van der Waals surface area contributed by atoms with E-state index in [4.69, 9.17) is 20.1 Å². The molecule has 0 amide bonds. The lowest BCUT2D eigenvalue weighted by Crippen LogP contribution is -2.21. The fourth-order valence-electron chi connectivity index (χ4n) is 1.73. The van der Waals surface area contributed by atoms with Crippen LogP contribution in [0.25, 0.3) is 0 Å². The highest BCUT2D eigenvalue weighted by Gasteiger charge is 2.38. The third-order valence-corrected chi connectivity index (χ3v) is 2.85. The molecular weight excluding hydrogens is 345 g/mol. The molecule has 1 heterocycles. The quantitative estimate of drug-likeness (QED) is 0.804. The molecule has 136 valence electrons. The third kappa shape index (κ3) is 6.26. The minimum absolute atomic E-state index is 0.140. The number of aliphatic carboxylic acids is 1. The summed E-state index contributed by atoms with van der Waals surface area (Å²) in [5, 5.41) is 7.12. The van der Waals surface area contributed by atoms with Crippen LogP contribution in [0.3, 0.4) is 0 Å². The first-order valence-corrected chi connectivity index (χ1v) is 6.78. The number of ether oxygens (including phenoxy) is 1. The second-order valence-corrected chi connectivity index (χ2v) is 4.66. The number of halogens is 3. The fourth-order valence-corrected chi connectivity index (χ4v) is 1.73. The minimum Gasteiger partial charge on any atom is -0.475 e. The minimum atomic E-state index is -5.08. The zero-order chi connectivity index (χ0) is 19.0. The molecule has 0 saturated carbocycles. The molecule has 7 nitrogen and oxygen atoms in total. The van der Waals surface area contributed by atoms with E-state index < -0.39 is 24.2 Å². The van der Waals surface area contributed by atoms with Crippen molar-refractivity contribution in [3.63, 3.8) is 0 Å². The Morgan fingerprint density at radius 3 is 2.36 bits per heavy atom. The Morgan fingerprint density at radius 2 is 1.88 bits per heavy atom. The van der Waals surface area contributed by atoms with Gasteiger partial charge in [0.15, 0.2) is 17.8 Å². The standard InChI is InChI=1S/C13H14N2O3.C2HF3O2/c1-17-13(16)11-12(18-8-15-11)10(14)7-9-5-3-2-4-6-9;3-2(4,5)1(6)7/h2-6,8,10H,7,14H2,1H3;(H,6,7)/t10-;/m0./s1. The third-order valence-electron chi connectivity index (χ3n) is 2.85. The van der Waals surface area contributed by atoms with E-state index >= 15 is 0 Å². The zero-order valence-corrected chi connectivity index (χ0v) is 13.0. The molecule has 1 aromatic heterocycles. The largest absolute Gasteiger partial charge is 0.490 e. The van der Waals surface area contributed by atoms with Crippen molar-refractivity contribution in [1.29, 1.82) is 0 Å². The second-order valence-electron chi connectivity index (χ2n) is 4.66. The van der Waals surface area contributed by atoms with Gasteiger partial charge in [-0.3, -0.25) is 0 Å². The summed E-state index contributed by atoms with van der Waals surface area (Å²) in [6.07, 6.45) is -3.31. The van der Waals surface area contributed by atoms with Gasteiger partial charge in [-0.15, -0.1) is 0 Å². The maximum absolute atomic E-state index is 11.5. The molecule has 0 fully saturated rings. The highest BCUT2D eigenvalue weighted by atomic mass is 19.4. The lowest BCUT2D eigenvalue weighted by atomic mass is 10.0. The lowest BCUT2D eigenvalue weighted by Gasteiger charge is -2.09. The summed E-state index contributed by atoms with van der Waals surface area (Å²) in [5.41, 5.74) is 7.23. The van der Waals surface area contributed by atoms with E-state index in [0.29, 0.717) is 12.2 Å². The summed E-state index contributed by atoms with van der Waals surface area (Å²) in [7, 11) is 1.30. The summed E-state index contributed by atoms with van der Waals surface area (Å²) >= 11 is 0. The Morgan fingerprint density at radius 1 is 1.32 bits per heavy atom. The first-order chi connectivity index (χ1) is 11.7. The average Bonchev–Trinajstić information content (AvgIpc) is 3.04. The molecule has 0 aliphatic carbocycles. The van der Waals surface area contributed by atoms with Crippen molar-refractivity contribution in [2.75, 3.05) is 7.11 Å². The van der Waals surface area contributed by atoms with E-state index in [9.17, 15) is 18.0 Å². The average molecular weight is 360 g/mol. The number of esters is 1. The van der Waals surface area contributed by atoms with Crippen molar-refractivity contribution in [3.8, 4) is 0 Å². The molecule has 10 heteroatoms. The molecule has 1 aromatic carbocycles. The van der Waals surface area contributed by atoms with E-state index in [1.807, 2.05) is 30.3 Å². The van der Waals surface area contributed by atoms with Crippen LogP contribution in [0.2, 0.25) is 0 Å². The van der Waals surface area contributed by atoms with E-state index in [2.05, 4.69) is 9.72 Å². The van der Waals surface area contributed by atoms with Gasteiger partial charge in [0, 0.05) is 0 Å². The van der Waals surface area contributed by atoms with Crippen LogP contribution >= 0.6 is 0 Å². The number of hydrogen-bond donors (Lipinski definition) is 2. The number of carboxylic acids is 1. The first-order valence-electron chi connectivity index (χ1n) is 6.78. The monoisotopic (exact) mass is 360 g/mol. The smallest absolute Gasteiger partial charge is 0.475 e. The number of alkyl halides is 3. The van der Waals surface area contributed by atoms with Crippen molar-refractivity contribution in [2.45, 2.75) is 18.6 Å². The highest BCUT2D eigenvalue weighted by molar-refractivity contribution is 5.88. The van der Waals surface area contributed by atoms with Crippen LogP contribution in [-0.2, 0) is 16.0 Å². The number of carbonyl (C=O) groups excluding carboxylic acids is 1. The van der Waals surface area contributed by atoms with Crippen LogP contribution in [0, 0.1) is 0 Å². The molecule has 1 atom stereocenters. The Balaban J connectivity index is 0.000000381. The molecular formula is C15H15F3N2O5. The molecule has 2 aromatic rings. The number of rotatable bonds is 4. The van der Waals surface area contributed by atoms with Crippen molar-refractivity contribution in [2.24, 2.45) is 5.73 Å². The summed E-state index contributed by atoms with van der Waals surface area (Å²) in [6, 6.07) is 9.31. The number of benzene rings is 1. The van der Waals surface area contributed by atoms with Gasteiger partial charge < -0.3 is 20.0 Å². The predicted octanol–water partition coefficient (Wildman–Crippen LogP) is 2.34. The van der Waals surface area contributed by atoms with Crippen LogP contribution < -0.4 is 5.73 Å². The summed E-state index contributed by atoms with van der Waals surface area (Å²) < 4.78 is 41.5. The SMILES string of the molecule is COC(=O)c1ncoc1[C@@H](N)Cc1ccccc1.O=C(O)C(F)(F)F. The van der Waals surface area contributed by atoms with Crippen molar-refractivity contribution < 1.29 is 37.0 Å². The number of carboxylic acid groups (broad SMARTS) is 1. The Hall–Kier alpha value is -2.88. The van der Waals surface area contributed by atoms with Gasteiger partial charge in [0.2, 0.25) is 0 Å². The Bertz CT molecular complexity index is 701. The van der Waals surface area contributed by atoms with Gasteiger partial charge in [0.25, 0.3) is 0 Å². The summed E-state index contributed by atoms with van der Waals surface area (Å²) in [5.74, 6) is -2.94. The Labute approximate surface area is 140 Å². The van der Waals surface area contributed by atoms with Gasteiger partial charge >= 0.3 is 18.1 Å². The predicted molar refractivity (Wildman–Crippen MR) is 78.6 cm³/mol. The van der Waals surface area contributed by atoms with E-state index in [0.717, 1.165) is 5.56 Å². The molecule has 0 bridgehead atoms. The number of hydrogen-bond acceptors (Lipinski definition) is 6. The van der Waals surface area contributed by atoms with Crippen LogP contribution in [0.5, 0.6) is 0 Å².